The first kappa shape index (κ1) is 12.3. The molecule has 0 fully saturated rings. The molecule has 0 aliphatic heterocycles. The molecule has 1 aromatic heterocycles. The summed E-state index contributed by atoms with van der Waals surface area (Å²) in [5.41, 5.74) is 6.79. The molecule has 86 valence electrons. The van der Waals surface area contributed by atoms with Crippen molar-refractivity contribution in [3.63, 3.8) is 0 Å². The van der Waals surface area contributed by atoms with E-state index in [9.17, 15) is 0 Å². The summed E-state index contributed by atoms with van der Waals surface area (Å²) in [5.74, 6) is 1.88. The minimum absolute atomic E-state index is 0.486. The maximum atomic E-state index is 5.54. The van der Waals surface area contributed by atoms with E-state index in [2.05, 4.69) is 24.9 Å². The van der Waals surface area contributed by atoms with Gasteiger partial charge in [0.1, 0.15) is 11.5 Å². The number of nitrogens with zero attached hydrogens (tertiary/aromatic N) is 1. The quantitative estimate of drug-likeness (QED) is 0.783. The summed E-state index contributed by atoms with van der Waals surface area (Å²) in [5, 5.41) is 0. The van der Waals surface area contributed by atoms with Gasteiger partial charge in [0.05, 0.1) is 6.54 Å². The van der Waals surface area contributed by atoms with E-state index >= 15 is 0 Å². The summed E-state index contributed by atoms with van der Waals surface area (Å²) in [6.07, 6.45) is 2.49. The van der Waals surface area contributed by atoms with E-state index in [4.69, 9.17) is 10.2 Å². The summed E-state index contributed by atoms with van der Waals surface area (Å²) in [6.45, 7) is 6.79. The zero-order chi connectivity index (χ0) is 11.3. The predicted molar refractivity (Wildman–Crippen MR) is 62.6 cm³/mol. The summed E-state index contributed by atoms with van der Waals surface area (Å²) in [7, 11) is 2.14. The lowest BCUT2D eigenvalue weighted by atomic mass is 10.2. The number of unbranched alkanes of at least 4 members (excludes halogenated alkanes) is 1. The van der Waals surface area contributed by atoms with Crippen molar-refractivity contribution in [2.24, 2.45) is 5.73 Å². The van der Waals surface area contributed by atoms with Gasteiger partial charge in [0.2, 0.25) is 0 Å². The van der Waals surface area contributed by atoms with E-state index in [0.29, 0.717) is 6.54 Å². The number of rotatable bonds is 6. The first-order valence-corrected chi connectivity index (χ1v) is 5.64. The SMILES string of the molecule is CCCCN(C)Cc1cc(CN)oc1C. The van der Waals surface area contributed by atoms with Gasteiger partial charge >= 0.3 is 0 Å². The third-order valence-corrected chi connectivity index (χ3v) is 2.61. The molecule has 0 atom stereocenters. The molecule has 2 N–H and O–H groups in total. The Balaban J connectivity index is 2.51. The Morgan fingerprint density at radius 2 is 2.20 bits per heavy atom. The molecule has 15 heavy (non-hydrogen) atoms. The average molecular weight is 210 g/mol. The first-order chi connectivity index (χ1) is 7.17. The maximum Gasteiger partial charge on any atom is 0.118 e. The second-order valence-electron chi connectivity index (χ2n) is 4.09. The first-order valence-electron chi connectivity index (χ1n) is 5.64. The summed E-state index contributed by atoms with van der Waals surface area (Å²) in [6, 6.07) is 2.07. The van der Waals surface area contributed by atoms with Gasteiger partial charge in [-0.3, -0.25) is 0 Å². The average Bonchev–Trinajstić information content (AvgIpc) is 2.57. The van der Waals surface area contributed by atoms with Crippen molar-refractivity contribution in [1.82, 2.24) is 4.90 Å². The molecule has 0 aliphatic carbocycles. The van der Waals surface area contributed by atoms with Gasteiger partial charge in [-0.1, -0.05) is 13.3 Å². The van der Waals surface area contributed by atoms with Crippen molar-refractivity contribution in [3.8, 4) is 0 Å². The Morgan fingerprint density at radius 1 is 1.47 bits per heavy atom. The van der Waals surface area contributed by atoms with Crippen LogP contribution in [0.2, 0.25) is 0 Å². The molecule has 0 aliphatic rings. The fraction of sp³-hybridized carbons (Fsp3) is 0.667. The number of hydrogen-bond acceptors (Lipinski definition) is 3. The van der Waals surface area contributed by atoms with Crippen molar-refractivity contribution < 1.29 is 4.42 Å². The van der Waals surface area contributed by atoms with Crippen LogP contribution in [0.15, 0.2) is 10.5 Å². The lowest BCUT2D eigenvalue weighted by molar-refractivity contribution is 0.318. The molecule has 0 amide bonds. The molecule has 3 heteroatoms. The van der Waals surface area contributed by atoms with Crippen molar-refractivity contribution in [3.05, 3.63) is 23.2 Å². The Labute approximate surface area is 92.2 Å². The predicted octanol–water partition coefficient (Wildman–Crippen LogP) is 2.28. The lowest BCUT2D eigenvalue weighted by Crippen LogP contribution is -2.18. The second-order valence-corrected chi connectivity index (χ2v) is 4.09. The van der Waals surface area contributed by atoms with Crippen LogP contribution in [0.25, 0.3) is 0 Å². The highest BCUT2D eigenvalue weighted by atomic mass is 16.3. The second kappa shape index (κ2) is 5.93. The molecule has 0 aromatic carbocycles. The summed E-state index contributed by atoms with van der Waals surface area (Å²) in [4.78, 5) is 2.32. The minimum atomic E-state index is 0.486. The molecular weight excluding hydrogens is 188 g/mol. The normalized spacial score (nSPS) is 11.3. The molecule has 0 spiro atoms. The fourth-order valence-electron chi connectivity index (χ4n) is 1.64. The topological polar surface area (TPSA) is 42.4 Å². The Kier molecular flexibility index (Phi) is 4.85. The molecule has 0 saturated heterocycles. The largest absolute Gasteiger partial charge is 0.465 e. The zero-order valence-electron chi connectivity index (χ0n) is 10.0. The molecule has 1 aromatic rings. The van der Waals surface area contributed by atoms with Gasteiger partial charge in [-0.2, -0.15) is 0 Å². The van der Waals surface area contributed by atoms with Gasteiger partial charge in [0.25, 0.3) is 0 Å². The van der Waals surface area contributed by atoms with Crippen LogP contribution in [-0.2, 0) is 13.1 Å². The van der Waals surface area contributed by atoms with Crippen molar-refractivity contribution >= 4 is 0 Å². The zero-order valence-corrected chi connectivity index (χ0v) is 10.0. The lowest BCUT2D eigenvalue weighted by Gasteiger charge is -2.15. The molecular formula is C12H22N2O. The van der Waals surface area contributed by atoms with Gasteiger partial charge in [0.15, 0.2) is 0 Å². The summed E-state index contributed by atoms with van der Waals surface area (Å²) < 4.78 is 5.52. The van der Waals surface area contributed by atoms with Gasteiger partial charge in [-0.15, -0.1) is 0 Å². The fourth-order valence-corrected chi connectivity index (χ4v) is 1.64. The smallest absolute Gasteiger partial charge is 0.118 e. The maximum absolute atomic E-state index is 5.54. The van der Waals surface area contributed by atoms with Gasteiger partial charge in [0, 0.05) is 12.1 Å². The third-order valence-electron chi connectivity index (χ3n) is 2.61. The van der Waals surface area contributed by atoms with E-state index in [1.165, 1.54) is 18.4 Å². The molecule has 0 radical (unpaired) electrons. The standard InChI is InChI=1S/C12H22N2O/c1-4-5-6-14(3)9-11-7-12(8-13)15-10(11)2/h7H,4-6,8-9,13H2,1-3H3. The monoisotopic (exact) mass is 210 g/mol. The highest BCUT2D eigenvalue weighted by Gasteiger charge is 2.08. The van der Waals surface area contributed by atoms with E-state index in [1.807, 2.05) is 6.92 Å². The van der Waals surface area contributed by atoms with Crippen molar-refractivity contribution in [2.75, 3.05) is 13.6 Å². The third kappa shape index (κ3) is 3.68. The Morgan fingerprint density at radius 3 is 2.73 bits per heavy atom. The minimum Gasteiger partial charge on any atom is -0.465 e. The number of aryl methyl sites for hydroxylation is 1. The molecule has 1 heterocycles. The highest BCUT2D eigenvalue weighted by Crippen LogP contribution is 2.15. The number of hydrogen-bond donors (Lipinski definition) is 1. The van der Waals surface area contributed by atoms with Crippen LogP contribution in [0.5, 0.6) is 0 Å². The van der Waals surface area contributed by atoms with Crippen LogP contribution in [0, 0.1) is 6.92 Å². The van der Waals surface area contributed by atoms with Crippen LogP contribution in [0.1, 0.15) is 36.8 Å². The van der Waals surface area contributed by atoms with Gasteiger partial charge in [-0.25, -0.2) is 0 Å². The van der Waals surface area contributed by atoms with Crippen LogP contribution < -0.4 is 5.73 Å². The van der Waals surface area contributed by atoms with Crippen molar-refractivity contribution in [2.45, 2.75) is 39.8 Å². The van der Waals surface area contributed by atoms with E-state index in [-0.39, 0.29) is 0 Å². The Bertz CT molecular complexity index is 294. The van der Waals surface area contributed by atoms with Crippen LogP contribution >= 0.6 is 0 Å². The molecule has 3 nitrogen and oxygen atoms in total. The van der Waals surface area contributed by atoms with E-state index < -0.39 is 0 Å². The van der Waals surface area contributed by atoms with Crippen LogP contribution in [-0.4, -0.2) is 18.5 Å². The molecule has 1 rings (SSSR count). The highest BCUT2D eigenvalue weighted by molar-refractivity contribution is 5.20. The van der Waals surface area contributed by atoms with E-state index in [1.54, 1.807) is 0 Å². The molecule has 0 saturated carbocycles. The number of nitrogens with two attached hydrogens (primary N) is 1. The van der Waals surface area contributed by atoms with Crippen LogP contribution in [0.4, 0.5) is 0 Å². The molecule has 0 bridgehead atoms. The number of furan rings is 1. The Hall–Kier alpha value is -0.800. The van der Waals surface area contributed by atoms with E-state index in [0.717, 1.165) is 24.6 Å². The summed E-state index contributed by atoms with van der Waals surface area (Å²) >= 11 is 0. The molecule has 0 unspecified atom stereocenters. The van der Waals surface area contributed by atoms with Crippen molar-refractivity contribution in [1.29, 1.82) is 0 Å². The van der Waals surface area contributed by atoms with Crippen LogP contribution in [0.3, 0.4) is 0 Å². The van der Waals surface area contributed by atoms with Gasteiger partial charge in [-0.05, 0) is 33.0 Å². The van der Waals surface area contributed by atoms with Gasteiger partial charge < -0.3 is 15.1 Å².